The SMILES string of the molecule is CCCC.CCCC.O=C([O-])c1ccccc1[S-].[Sn+2]. The summed E-state index contributed by atoms with van der Waals surface area (Å²) in [6.45, 7) is 8.72. The van der Waals surface area contributed by atoms with Crippen molar-refractivity contribution in [3.05, 3.63) is 29.8 Å². The molecule has 0 heterocycles. The van der Waals surface area contributed by atoms with Crippen molar-refractivity contribution in [2.24, 2.45) is 0 Å². The summed E-state index contributed by atoms with van der Waals surface area (Å²) < 4.78 is 0. The van der Waals surface area contributed by atoms with Crippen LogP contribution in [0.3, 0.4) is 0 Å². The number of hydrogen-bond donors (Lipinski definition) is 0. The Labute approximate surface area is 140 Å². The quantitative estimate of drug-likeness (QED) is 0.591. The Hall–Kier alpha value is -0.291. The molecule has 4 heteroatoms. The summed E-state index contributed by atoms with van der Waals surface area (Å²) in [6, 6.07) is 6.29. The van der Waals surface area contributed by atoms with Gasteiger partial charge in [-0.05, 0) is 5.56 Å². The molecular formula is C15H24O2SSn. The van der Waals surface area contributed by atoms with Gasteiger partial charge < -0.3 is 22.5 Å². The molecule has 0 spiro atoms. The summed E-state index contributed by atoms with van der Waals surface area (Å²) in [7, 11) is 0. The van der Waals surface area contributed by atoms with Crippen LogP contribution in [0.5, 0.6) is 0 Å². The molecule has 19 heavy (non-hydrogen) atoms. The van der Waals surface area contributed by atoms with Gasteiger partial charge >= 0.3 is 23.9 Å². The van der Waals surface area contributed by atoms with E-state index in [2.05, 4.69) is 27.7 Å². The predicted molar refractivity (Wildman–Crippen MR) is 83.3 cm³/mol. The van der Waals surface area contributed by atoms with Crippen LogP contribution in [0.2, 0.25) is 0 Å². The topological polar surface area (TPSA) is 40.1 Å². The fourth-order valence-corrected chi connectivity index (χ4v) is 0.865. The van der Waals surface area contributed by atoms with Gasteiger partial charge in [0, 0.05) is 0 Å². The maximum atomic E-state index is 10.2. The van der Waals surface area contributed by atoms with E-state index in [-0.39, 0.29) is 29.5 Å². The Morgan fingerprint density at radius 1 is 1.00 bits per heavy atom. The number of rotatable bonds is 3. The second kappa shape index (κ2) is 17.7. The van der Waals surface area contributed by atoms with Crippen LogP contribution >= 0.6 is 0 Å². The Morgan fingerprint density at radius 2 is 1.37 bits per heavy atom. The first-order chi connectivity index (χ1) is 8.54. The minimum atomic E-state index is -1.22. The van der Waals surface area contributed by atoms with Crippen molar-refractivity contribution in [1.82, 2.24) is 0 Å². The summed E-state index contributed by atoms with van der Waals surface area (Å²) in [5.74, 6) is -1.22. The second-order valence-electron chi connectivity index (χ2n) is 3.78. The van der Waals surface area contributed by atoms with E-state index in [0.717, 1.165) is 0 Å². The average Bonchev–Trinajstić information content (AvgIpc) is 2.39. The van der Waals surface area contributed by atoms with Gasteiger partial charge in [-0.3, -0.25) is 0 Å². The number of aromatic carboxylic acids is 1. The molecule has 0 unspecified atom stereocenters. The van der Waals surface area contributed by atoms with Crippen molar-refractivity contribution >= 4 is 42.5 Å². The third-order valence-corrected chi connectivity index (χ3v) is 2.46. The molecule has 2 nitrogen and oxygen atoms in total. The molecule has 1 aromatic carbocycles. The first-order valence-corrected chi connectivity index (χ1v) is 6.93. The minimum absolute atomic E-state index is 0. The number of hydrogen-bond acceptors (Lipinski definition) is 3. The van der Waals surface area contributed by atoms with Crippen LogP contribution in [0.15, 0.2) is 29.2 Å². The van der Waals surface area contributed by atoms with Gasteiger partial charge in [0.25, 0.3) is 0 Å². The maximum Gasteiger partial charge on any atom is 2.00 e. The van der Waals surface area contributed by atoms with E-state index in [0.29, 0.717) is 4.90 Å². The van der Waals surface area contributed by atoms with Gasteiger partial charge in [0.15, 0.2) is 0 Å². The van der Waals surface area contributed by atoms with E-state index in [9.17, 15) is 9.90 Å². The molecule has 0 saturated carbocycles. The van der Waals surface area contributed by atoms with Gasteiger partial charge in [0.05, 0.1) is 5.97 Å². The van der Waals surface area contributed by atoms with Crippen molar-refractivity contribution in [3.8, 4) is 0 Å². The van der Waals surface area contributed by atoms with Crippen LogP contribution in [0, 0.1) is 0 Å². The molecule has 2 radical (unpaired) electrons. The zero-order valence-electron chi connectivity index (χ0n) is 12.4. The Bertz CT molecular complexity index is 309. The molecule has 0 bridgehead atoms. The normalized spacial score (nSPS) is 8.00. The van der Waals surface area contributed by atoms with Gasteiger partial charge in [-0.1, -0.05) is 77.6 Å². The van der Waals surface area contributed by atoms with Crippen molar-refractivity contribution in [2.75, 3.05) is 0 Å². The molecule has 0 aliphatic heterocycles. The Kier molecular flexibility index (Phi) is 22.2. The van der Waals surface area contributed by atoms with Gasteiger partial charge in [-0.15, -0.1) is 0 Å². The van der Waals surface area contributed by atoms with E-state index >= 15 is 0 Å². The van der Waals surface area contributed by atoms with E-state index in [4.69, 9.17) is 12.6 Å². The number of carboxylic acids is 1. The van der Waals surface area contributed by atoms with Crippen LogP contribution in [0.4, 0.5) is 0 Å². The molecular weight excluding hydrogens is 363 g/mol. The van der Waals surface area contributed by atoms with Crippen molar-refractivity contribution in [2.45, 2.75) is 58.3 Å². The first kappa shape index (κ1) is 23.8. The molecule has 0 aliphatic carbocycles. The second-order valence-corrected chi connectivity index (χ2v) is 4.22. The molecule has 0 amide bonds. The first-order valence-electron chi connectivity index (χ1n) is 6.52. The van der Waals surface area contributed by atoms with Gasteiger partial charge in [-0.2, -0.15) is 4.90 Å². The molecule has 106 valence electrons. The van der Waals surface area contributed by atoms with Crippen molar-refractivity contribution in [1.29, 1.82) is 0 Å². The molecule has 0 saturated heterocycles. The number of unbranched alkanes of at least 4 members (excludes halogenated alkanes) is 2. The molecule has 0 fully saturated rings. The van der Waals surface area contributed by atoms with Crippen LogP contribution < -0.4 is 5.11 Å². The molecule has 0 aromatic heterocycles. The Morgan fingerprint density at radius 3 is 1.58 bits per heavy atom. The molecule has 0 atom stereocenters. The Balaban J connectivity index is -0.000000242. The third kappa shape index (κ3) is 15.7. The molecule has 0 aliphatic rings. The average molecular weight is 387 g/mol. The number of carbonyl (C=O) groups is 1. The summed E-state index contributed by atoms with van der Waals surface area (Å²) in [5, 5.41) is 10.2. The van der Waals surface area contributed by atoms with Gasteiger partial charge in [-0.25, -0.2) is 0 Å². The van der Waals surface area contributed by atoms with E-state index in [1.807, 2.05) is 0 Å². The third-order valence-electron chi connectivity index (χ3n) is 2.11. The minimum Gasteiger partial charge on any atom is -0.779 e. The van der Waals surface area contributed by atoms with Crippen LogP contribution in [0.1, 0.15) is 63.7 Å². The number of carbonyl (C=O) groups excluding carboxylic acids is 1. The van der Waals surface area contributed by atoms with E-state index in [1.54, 1.807) is 18.2 Å². The van der Waals surface area contributed by atoms with E-state index in [1.165, 1.54) is 31.7 Å². The smallest absolute Gasteiger partial charge is 0.779 e. The zero-order chi connectivity index (χ0) is 14.4. The van der Waals surface area contributed by atoms with Crippen LogP contribution in [-0.2, 0) is 12.6 Å². The van der Waals surface area contributed by atoms with Gasteiger partial charge in [0.1, 0.15) is 0 Å². The van der Waals surface area contributed by atoms with Crippen molar-refractivity contribution < 1.29 is 9.90 Å². The molecule has 0 N–H and O–H groups in total. The monoisotopic (exact) mass is 388 g/mol. The maximum absolute atomic E-state index is 10.2. The van der Waals surface area contributed by atoms with Crippen molar-refractivity contribution in [3.63, 3.8) is 0 Å². The van der Waals surface area contributed by atoms with Crippen LogP contribution in [0.25, 0.3) is 0 Å². The summed E-state index contributed by atoms with van der Waals surface area (Å²) in [5.41, 5.74) is 0.0810. The predicted octanol–water partition coefficient (Wildman–Crippen LogP) is 3.19. The molecule has 1 aromatic rings. The fraction of sp³-hybridized carbons (Fsp3) is 0.533. The van der Waals surface area contributed by atoms with Crippen LogP contribution in [-0.4, -0.2) is 29.9 Å². The largest absolute Gasteiger partial charge is 2.00 e. The van der Waals surface area contributed by atoms with E-state index < -0.39 is 5.97 Å². The fourth-order valence-electron chi connectivity index (χ4n) is 0.635. The zero-order valence-corrected chi connectivity index (χ0v) is 16.0. The summed E-state index contributed by atoms with van der Waals surface area (Å²) in [4.78, 5) is 10.6. The molecule has 1 rings (SSSR count). The number of benzene rings is 1. The summed E-state index contributed by atoms with van der Waals surface area (Å²) >= 11 is 4.71. The standard InChI is InChI=1S/C7H6O2S.2C4H10.Sn/c8-7(9)5-3-1-2-4-6(5)10;2*1-3-4-2;/h1-4,10H,(H,8,9);2*3-4H2,1-2H3;/q;;;+2/p-2. The summed E-state index contributed by atoms with van der Waals surface area (Å²) in [6.07, 6.45) is 5.28. The number of carboxylic acid groups (broad SMARTS) is 1. The van der Waals surface area contributed by atoms with Gasteiger partial charge in [0.2, 0.25) is 0 Å².